The highest BCUT2D eigenvalue weighted by Crippen LogP contribution is 2.21. The van der Waals surface area contributed by atoms with E-state index < -0.39 is 11.8 Å². The van der Waals surface area contributed by atoms with E-state index in [1.54, 1.807) is 25.9 Å². The quantitative estimate of drug-likeness (QED) is 0.209. The summed E-state index contributed by atoms with van der Waals surface area (Å²) in [6, 6.07) is 1.36. The Morgan fingerprint density at radius 1 is 1.40 bits per heavy atom. The largest absolute Gasteiger partial charge is 0.462 e. The van der Waals surface area contributed by atoms with E-state index in [9.17, 15) is 9.59 Å². The maximum Gasteiger partial charge on any atom is 0.343 e. The number of esters is 1. The fraction of sp³-hybridized carbons (Fsp3) is 0.308. The Kier molecular flexibility index (Phi) is 5.98. The number of carbonyl (C=O) groups is 2. The molecule has 0 atom stereocenters. The van der Waals surface area contributed by atoms with E-state index in [1.165, 1.54) is 18.5 Å². The van der Waals surface area contributed by atoms with Gasteiger partial charge in [0.2, 0.25) is 5.78 Å². The number of halogens is 2. The van der Waals surface area contributed by atoms with Crippen LogP contribution >= 0.6 is 23.2 Å². The van der Waals surface area contributed by atoms with E-state index in [0.717, 1.165) is 0 Å². The smallest absolute Gasteiger partial charge is 0.343 e. The van der Waals surface area contributed by atoms with E-state index in [1.807, 2.05) is 0 Å². The van der Waals surface area contributed by atoms with Gasteiger partial charge >= 0.3 is 5.97 Å². The number of carbonyl (C=O) groups excluding carboxylic acids is 2. The highest BCUT2D eigenvalue weighted by Gasteiger charge is 2.24. The molecule has 0 unspecified atom stereocenters. The molecule has 0 aromatic carbocycles. The molecule has 0 fully saturated rings. The first-order valence-corrected chi connectivity index (χ1v) is 6.53. The lowest BCUT2D eigenvalue weighted by molar-refractivity contribution is -0.138. The monoisotopic (exact) mass is 316 g/mol. The van der Waals surface area contributed by atoms with Crippen molar-refractivity contribution in [2.75, 3.05) is 20.7 Å². The Bertz CT molecular complexity index is 557. The molecule has 0 aliphatic carbocycles. The van der Waals surface area contributed by atoms with Crippen molar-refractivity contribution in [2.24, 2.45) is 0 Å². The number of rotatable bonds is 5. The zero-order chi connectivity index (χ0) is 15.3. The second-order valence-electron chi connectivity index (χ2n) is 4.05. The molecule has 0 saturated carbocycles. The first kappa shape index (κ1) is 16.5. The Hall–Kier alpha value is -1.59. The summed E-state index contributed by atoms with van der Waals surface area (Å²) in [5.74, 6) is -1.31. The minimum atomic E-state index is -0.720. The number of nitrogens with zero attached hydrogens (tertiary/aromatic N) is 2. The summed E-state index contributed by atoms with van der Waals surface area (Å²) in [4.78, 5) is 29.6. The standard InChI is InChI=1S/C13H14Cl2N2O3/c1-4-20-13(19)10(7-17(2)3)11(18)9-5-8(14)6-16-12(9)15/h5-7H,4H2,1-3H3. The number of pyridine rings is 1. The van der Waals surface area contributed by atoms with Crippen LogP contribution in [-0.4, -0.2) is 42.3 Å². The van der Waals surface area contributed by atoms with Gasteiger partial charge in [-0.3, -0.25) is 4.79 Å². The third kappa shape index (κ3) is 4.21. The summed E-state index contributed by atoms with van der Waals surface area (Å²) in [6.45, 7) is 1.82. The van der Waals surface area contributed by atoms with Crippen molar-refractivity contribution < 1.29 is 14.3 Å². The van der Waals surface area contributed by atoms with Gasteiger partial charge in [-0.15, -0.1) is 0 Å². The van der Waals surface area contributed by atoms with Gasteiger partial charge in [0.25, 0.3) is 0 Å². The lowest BCUT2D eigenvalue weighted by Crippen LogP contribution is -2.20. The number of Topliss-reactive ketones (excluding diaryl/α,β-unsaturated/α-hetero) is 1. The highest BCUT2D eigenvalue weighted by molar-refractivity contribution is 6.37. The topological polar surface area (TPSA) is 59.5 Å². The Labute approximate surface area is 127 Å². The molecule has 0 amide bonds. The average Bonchev–Trinajstić information content (AvgIpc) is 2.38. The van der Waals surface area contributed by atoms with Crippen molar-refractivity contribution >= 4 is 35.0 Å². The molecular weight excluding hydrogens is 303 g/mol. The van der Waals surface area contributed by atoms with Crippen molar-refractivity contribution in [2.45, 2.75) is 6.92 Å². The molecule has 1 aromatic rings. The van der Waals surface area contributed by atoms with Gasteiger partial charge in [-0.1, -0.05) is 23.2 Å². The van der Waals surface area contributed by atoms with E-state index >= 15 is 0 Å². The second-order valence-corrected chi connectivity index (χ2v) is 4.84. The first-order valence-electron chi connectivity index (χ1n) is 5.78. The van der Waals surface area contributed by atoms with Crippen molar-refractivity contribution in [3.05, 3.63) is 39.8 Å². The molecule has 1 heterocycles. The molecule has 5 nitrogen and oxygen atoms in total. The lowest BCUT2D eigenvalue weighted by atomic mass is 10.1. The predicted molar refractivity (Wildman–Crippen MR) is 77.0 cm³/mol. The van der Waals surface area contributed by atoms with Gasteiger partial charge in [0.15, 0.2) is 0 Å². The van der Waals surface area contributed by atoms with Crippen LogP contribution in [0, 0.1) is 0 Å². The lowest BCUT2D eigenvalue weighted by Gasteiger charge is -2.11. The highest BCUT2D eigenvalue weighted by atomic mass is 35.5. The number of aromatic nitrogens is 1. The predicted octanol–water partition coefficient (Wildman–Crippen LogP) is 2.58. The molecule has 20 heavy (non-hydrogen) atoms. The Morgan fingerprint density at radius 2 is 2.05 bits per heavy atom. The molecule has 0 spiro atoms. The van der Waals surface area contributed by atoms with E-state index in [-0.39, 0.29) is 27.9 Å². The zero-order valence-corrected chi connectivity index (χ0v) is 12.8. The Morgan fingerprint density at radius 3 is 2.60 bits per heavy atom. The van der Waals surface area contributed by atoms with Crippen LogP contribution in [0.4, 0.5) is 0 Å². The molecule has 108 valence electrons. The molecule has 1 rings (SSSR count). The van der Waals surface area contributed by atoms with Gasteiger partial charge in [0.05, 0.1) is 17.2 Å². The van der Waals surface area contributed by atoms with E-state index in [2.05, 4.69) is 4.98 Å². The van der Waals surface area contributed by atoms with Crippen LogP contribution < -0.4 is 0 Å². The molecule has 0 aliphatic heterocycles. The minimum absolute atomic E-state index is 0.0200. The van der Waals surface area contributed by atoms with Gasteiger partial charge in [0.1, 0.15) is 10.7 Å². The molecule has 1 aromatic heterocycles. The van der Waals surface area contributed by atoms with Crippen molar-refractivity contribution in [1.29, 1.82) is 0 Å². The maximum absolute atomic E-state index is 12.4. The molecular formula is C13H14Cl2N2O3. The molecule has 0 saturated heterocycles. The van der Waals surface area contributed by atoms with Crippen LogP contribution in [0.5, 0.6) is 0 Å². The normalized spacial score (nSPS) is 11.2. The molecule has 0 aliphatic rings. The number of ketones is 1. The SMILES string of the molecule is CCOC(=O)C(=CN(C)C)C(=O)c1cc(Cl)cnc1Cl. The van der Waals surface area contributed by atoms with Crippen LogP contribution in [-0.2, 0) is 9.53 Å². The second kappa shape index (κ2) is 7.26. The third-order valence-corrected chi connectivity index (χ3v) is 2.69. The van der Waals surface area contributed by atoms with E-state index in [4.69, 9.17) is 27.9 Å². The van der Waals surface area contributed by atoms with Crippen LogP contribution in [0.2, 0.25) is 10.2 Å². The van der Waals surface area contributed by atoms with Gasteiger partial charge in [-0.2, -0.15) is 0 Å². The zero-order valence-electron chi connectivity index (χ0n) is 11.3. The van der Waals surface area contributed by atoms with Gasteiger partial charge in [-0.25, -0.2) is 9.78 Å². The number of ether oxygens (including phenoxy) is 1. The summed E-state index contributed by atoms with van der Waals surface area (Å²) in [5.41, 5.74) is -0.0804. The van der Waals surface area contributed by atoms with Crippen LogP contribution in [0.3, 0.4) is 0 Å². The van der Waals surface area contributed by atoms with Crippen molar-refractivity contribution in [1.82, 2.24) is 9.88 Å². The molecule has 0 bridgehead atoms. The number of hydrogen-bond donors (Lipinski definition) is 0. The maximum atomic E-state index is 12.4. The summed E-state index contributed by atoms with van der Waals surface area (Å²) in [6.07, 6.45) is 2.69. The van der Waals surface area contributed by atoms with Crippen LogP contribution in [0.1, 0.15) is 17.3 Å². The van der Waals surface area contributed by atoms with Crippen LogP contribution in [0.15, 0.2) is 24.0 Å². The molecule has 0 radical (unpaired) electrons. The van der Waals surface area contributed by atoms with Crippen molar-refractivity contribution in [3.63, 3.8) is 0 Å². The van der Waals surface area contributed by atoms with E-state index in [0.29, 0.717) is 0 Å². The fourth-order valence-electron chi connectivity index (χ4n) is 1.40. The van der Waals surface area contributed by atoms with Crippen molar-refractivity contribution in [3.8, 4) is 0 Å². The number of hydrogen-bond acceptors (Lipinski definition) is 5. The first-order chi connectivity index (χ1) is 9.36. The fourth-order valence-corrected chi connectivity index (χ4v) is 1.75. The van der Waals surface area contributed by atoms with Crippen LogP contribution in [0.25, 0.3) is 0 Å². The molecule has 0 N–H and O–H groups in total. The minimum Gasteiger partial charge on any atom is -0.462 e. The van der Waals surface area contributed by atoms with Gasteiger partial charge in [0, 0.05) is 26.5 Å². The third-order valence-electron chi connectivity index (χ3n) is 2.18. The summed E-state index contributed by atoms with van der Waals surface area (Å²) < 4.78 is 4.87. The summed E-state index contributed by atoms with van der Waals surface area (Å²) in [7, 11) is 3.37. The van der Waals surface area contributed by atoms with Gasteiger partial charge in [-0.05, 0) is 13.0 Å². The summed E-state index contributed by atoms with van der Waals surface area (Å²) >= 11 is 11.7. The average molecular weight is 317 g/mol. The molecule has 7 heteroatoms. The summed E-state index contributed by atoms with van der Waals surface area (Å²) in [5, 5.41) is 0.235. The Balaban J connectivity index is 3.24. The van der Waals surface area contributed by atoms with Gasteiger partial charge < -0.3 is 9.64 Å².